The van der Waals surface area contributed by atoms with Gasteiger partial charge < -0.3 is 10.2 Å². The van der Waals surface area contributed by atoms with Gasteiger partial charge in [-0.2, -0.15) is 0 Å². The number of aromatic nitrogens is 1. The van der Waals surface area contributed by atoms with Crippen LogP contribution < -0.4 is 10.2 Å². The predicted molar refractivity (Wildman–Crippen MR) is 72.4 cm³/mol. The molecule has 1 aliphatic rings. The lowest BCUT2D eigenvalue weighted by molar-refractivity contribution is 0.332. The second-order valence-corrected chi connectivity index (χ2v) is 5.06. The van der Waals surface area contributed by atoms with E-state index in [0.717, 1.165) is 30.5 Å². The van der Waals surface area contributed by atoms with Crippen LogP contribution in [0.1, 0.15) is 25.5 Å². The Labute approximate surface area is 104 Å². The highest BCUT2D eigenvalue weighted by Gasteiger charge is 2.24. The molecule has 2 heterocycles. The van der Waals surface area contributed by atoms with Gasteiger partial charge in [-0.1, -0.05) is 6.07 Å². The maximum absolute atomic E-state index is 4.62. The Morgan fingerprint density at radius 1 is 1.47 bits per heavy atom. The minimum atomic E-state index is 0.586. The summed E-state index contributed by atoms with van der Waals surface area (Å²) in [5.74, 6) is 1.87. The standard InChI is InChI=1S/C14H23N3/c1-11-6-4-8-14(16-11)17-9-5-7-13(10-17)12(2)15-3/h4,6,8,12-13,15H,5,7,9-10H2,1-3H3. The molecule has 2 atom stereocenters. The summed E-state index contributed by atoms with van der Waals surface area (Å²) in [6, 6.07) is 6.87. The van der Waals surface area contributed by atoms with Crippen molar-refractivity contribution >= 4 is 5.82 Å². The zero-order valence-electron chi connectivity index (χ0n) is 11.1. The first kappa shape index (κ1) is 12.4. The fraction of sp³-hybridized carbons (Fsp3) is 0.643. The Kier molecular flexibility index (Phi) is 4.00. The summed E-state index contributed by atoms with van der Waals surface area (Å²) in [4.78, 5) is 7.05. The van der Waals surface area contributed by atoms with Crippen molar-refractivity contribution in [3.8, 4) is 0 Å². The monoisotopic (exact) mass is 233 g/mol. The van der Waals surface area contributed by atoms with Crippen LogP contribution in [0.25, 0.3) is 0 Å². The lowest BCUT2D eigenvalue weighted by Gasteiger charge is -2.36. The van der Waals surface area contributed by atoms with E-state index in [0.29, 0.717) is 6.04 Å². The highest BCUT2D eigenvalue weighted by atomic mass is 15.2. The van der Waals surface area contributed by atoms with E-state index in [-0.39, 0.29) is 0 Å². The van der Waals surface area contributed by atoms with Crippen LogP contribution in [0.5, 0.6) is 0 Å². The highest BCUT2D eigenvalue weighted by molar-refractivity contribution is 5.39. The fourth-order valence-corrected chi connectivity index (χ4v) is 2.57. The number of anilines is 1. The molecule has 1 aliphatic heterocycles. The van der Waals surface area contributed by atoms with Crippen LogP contribution >= 0.6 is 0 Å². The largest absolute Gasteiger partial charge is 0.356 e. The van der Waals surface area contributed by atoms with Crippen LogP contribution in [0, 0.1) is 12.8 Å². The van der Waals surface area contributed by atoms with E-state index < -0.39 is 0 Å². The third-order valence-electron chi connectivity index (χ3n) is 3.82. The van der Waals surface area contributed by atoms with E-state index in [4.69, 9.17) is 0 Å². The first-order chi connectivity index (χ1) is 8.20. The minimum Gasteiger partial charge on any atom is -0.356 e. The van der Waals surface area contributed by atoms with E-state index in [9.17, 15) is 0 Å². The number of hydrogen-bond donors (Lipinski definition) is 1. The normalized spacial score (nSPS) is 22.5. The van der Waals surface area contributed by atoms with Gasteiger partial charge >= 0.3 is 0 Å². The van der Waals surface area contributed by atoms with E-state index in [1.165, 1.54) is 12.8 Å². The summed E-state index contributed by atoms with van der Waals surface area (Å²) in [6.45, 7) is 6.60. The number of piperidine rings is 1. The maximum Gasteiger partial charge on any atom is 0.128 e. The van der Waals surface area contributed by atoms with Gasteiger partial charge in [0.25, 0.3) is 0 Å². The van der Waals surface area contributed by atoms with Crippen molar-refractivity contribution in [3.05, 3.63) is 23.9 Å². The van der Waals surface area contributed by atoms with Crippen LogP contribution in [0.3, 0.4) is 0 Å². The second kappa shape index (κ2) is 5.50. The lowest BCUT2D eigenvalue weighted by atomic mass is 9.91. The molecule has 94 valence electrons. The molecule has 1 aromatic heterocycles. The SMILES string of the molecule is CNC(C)C1CCCN(c2cccc(C)n2)C1. The quantitative estimate of drug-likeness (QED) is 0.867. The summed E-state index contributed by atoms with van der Waals surface area (Å²) in [6.07, 6.45) is 2.59. The third-order valence-corrected chi connectivity index (χ3v) is 3.82. The molecule has 3 heteroatoms. The Hall–Kier alpha value is -1.09. The average molecular weight is 233 g/mol. The van der Waals surface area contributed by atoms with Crippen molar-refractivity contribution in [1.82, 2.24) is 10.3 Å². The summed E-state index contributed by atoms with van der Waals surface area (Å²) in [5.41, 5.74) is 1.10. The molecule has 3 nitrogen and oxygen atoms in total. The first-order valence-electron chi connectivity index (χ1n) is 6.56. The number of hydrogen-bond acceptors (Lipinski definition) is 3. The van der Waals surface area contributed by atoms with Crippen LogP contribution in [-0.4, -0.2) is 31.2 Å². The molecule has 17 heavy (non-hydrogen) atoms. The topological polar surface area (TPSA) is 28.2 Å². The van der Waals surface area contributed by atoms with Gasteiger partial charge in [-0.25, -0.2) is 4.98 Å². The molecule has 0 aromatic carbocycles. The second-order valence-electron chi connectivity index (χ2n) is 5.06. The first-order valence-corrected chi connectivity index (χ1v) is 6.56. The molecule has 1 saturated heterocycles. The van der Waals surface area contributed by atoms with Crippen LogP contribution in [0.2, 0.25) is 0 Å². The molecule has 1 fully saturated rings. The van der Waals surface area contributed by atoms with Gasteiger partial charge in [0.05, 0.1) is 0 Å². The molecular weight excluding hydrogens is 210 g/mol. The number of nitrogens with one attached hydrogen (secondary N) is 1. The molecule has 0 amide bonds. The molecule has 0 radical (unpaired) electrons. The van der Waals surface area contributed by atoms with Crippen molar-refractivity contribution < 1.29 is 0 Å². The summed E-state index contributed by atoms with van der Waals surface area (Å²) in [5, 5.41) is 3.37. The number of aryl methyl sites for hydroxylation is 1. The lowest BCUT2D eigenvalue weighted by Crippen LogP contribution is -2.43. The molecule has 2 rings (SSSR count). The number of pyridine rings is 1. The molecule has 0 bridgehead atoms. The van der Waals surface area contributed by atoms with E-state index in [2.05, 4.69) is 54.3 Å². The maximum atomic E-state index is 4.62. The molecule has 0 aliphatic carbocycles. The minimum absolute atomic E-state index is 0.586. The number of nitrogens with zero attached hydrogens (tertiary/aromatic N) is 2. The van der Waals surface area contributed by atoms with Crippen LogP contribution in [-0.2, 0) is 0 Å². The average Bonchev–Trinajstić information content (AvgIpc) is 2.38. The van der Waals surface area contributed by atoms with E-state index in [1.54, 1.807) is 0 Å². The molecular formula is C14H23N3. The van der Waals surface area contributed by atoms with Crippen molar-refractivity contribution in [2.24, 2.45) is 5.92 Å². The van der Waals surface area contributed by atoms with E-state index in [1.807, 2.05) is 0 Å². The summed E-state index contributed by atoms with van der Waals surface area (Å²) < 4.78 is 0. The molecule has 1 aromatic rings. The Bertz CT molecular complexity index is 364. The fourth-order valence-electron chi connectivity index (χ4n) is 2.57. The molecule has 1 N–H and O–H groups in total. The van der Waals surface area contributed by atoms with Crippen molar-refractivity contribution in [2.45, 2.75) is 32.7 Å². The number of rotatable bonds is 3. The highest BCUT2D eigenvalue weighted by Crippen LogP contribution is 2.23. The molecule has 0 saturated carbocycles. The van der Waals surface area contributed by atoms with Gasteiger partial charge in [-0.15, -0.1) is 0 Å². The molecule has 2 unspecified atom stereocenters. The van der Waals surface area contributed by atoms with Gasteiger partial charge in [-0.3, -0.25) is 0 Å². The van der Waals surface area contributed by atoms with Gasteiger partial charge in [0.2, 0.25) is 0 Å². The van der Waals surface area contributed by atoms with Crippen LogP contribution in [0.15, 0.2) is 18.2 Å². The van der Waals surface area contributed by atoms with Crippen molar-refractivity contribution in [1.29, 1.82) is 0 Å². The van der Waals surface area contributed by atoms with Gasteiger partial charge in [-0.05, 0) is 51.8 Å². The van der Waals surface area contributed by atoms with Crippen molar-refractivity contribution in [2.75, 3.05) is 25.0 Å². The smallest absolute Gasteiger partial charge is 0.128 e. The van der Waals surface area contributed by atoms with Gasteiger partial charge in [0, 0.05) is 24.8 Å². The Morgan fingerprint density at radius 2 is 2.29 bits per heavy atom. The summed E-state index contributed by atoms with van der Waals surface area (Å²) in [7, 11) is 2.05. The predicted octanol–water partition coefficient (Wildman–Crippen LogP) is 2.21. The molecule has 0 spiro atoms. The van der Waals surface area contributed by atoms with Crippen molar-refractivity contribution in [3.63, 3.8) is 0 Å². The zero-order chi connectivity index (χ0) is 12.3. The van der Waals surface area contributed by atoms with Gasteiger partial charge in [0.15, 0.2) is 0 Å². The Morgan fingerprint density at radius 3 is 3.00 bits per heavy atom. The third kappa shape index (κ3) is 2.97. The zero-order valence-corrected chi connectivity index (χ0v) is 11.1. The van der Waals surface area contributed by atoms with Crippen LogP contribution in [0.4, 0.5) is 5.82 Å². The van der Waals surface area contributed by atoms with E-state index >= 15 is 0 Å². The Balaban J connectivity index is 2.07. The van der Waals surface area contributed by atoms with Gasteiger partial charge in [0.1, 0.15) is 5.82 Å². The summed E-state index contributed by atoms with van der Waals surface area (Å²) >= 11 is 0.